The molecule has 0 spiro atoms. The summed E-state index contributed by atoms with van der Waals surface area (Å²) < 4.78 is 66.0. The maximum Gasteiger partial charge on any atom is 0.262 e. The number of rotatable bonds is 5. The van der Waals surface area contributed by atoms with E-state index in [-0.39, 0.29) is 6.21 Å². The predicted octanol–water partition coefficient (Wildman–Crippen LogP) is 2.65. The maximum atomic E-state index is 13.5. The third-order valence-electron chi connectivity index (χ3n) is 3.39. The summed E-state index contributed by atoms with van der Waals surface area (Å²) in [6, 6.07) is 6.87. The van der Waals surface area contributed by atoms with Crippen LogP contribution in [0.5, 0.6) is 0 Å². The average molecular weight is 385 g/mol. The molecule has 0 bridgehead atoms. The van der Waals surface area contributed by atoms with Gasteiger partial charge in [0.2, 0.25) is 5.82 Å². The zero-order valence-corrected chi connectivity index (χ0v) is 13.7. The molecule has 2 N–H and O–H groups in total. The lowest BCUT2D eigenvalue weighted by molar-refractivity contribution is -0.122. The Labute approximate surface area is 149 Å². The van der Waals surface area contributed by atoms with Crippen LogP contribution in [0.1, 0.15) is 22.8 Å². The molecule has 142 valence electrons. The van der Waals surface area contributed by atoms with Crippen molar-refractivity contribution in [2.75, 3.05) is 0 Å². The van der Waals surface area contributed by atoms with Crippen LogP contribution in [-0.2, 0) is 4.79 Å². The van der Waals surface area contributed by atoms with E-state index in [9.17, 15) is 31.5 Å². The average Bonchev–Trinajstić information content (AvgIpc) is 2.67. The fraction of sp³-hybridized carbons (Fsp3) is 0.118. The van der Waals surface area contributed by atoms with Gasteiger partial charge in [-0.2, -0.15) is 5.10 Å². The minimum absolute atomic E-state index is 0.278. The van der Waals surface area contributed by atoms with Gasteiger partial charge in [-0.3, -0.25) is 9.59 Å². The van der Waals surface area contributed by atoms with Gasteiger partial charge in [-0.15, -0.1) is 0 Å². The normalized spacial score (nSPS) is 12.1. The van der Waals surface area contributed by atoms with Gasteiger partial charge in [-0.25, -0.2) is 27.4 Å². The lowest BCUT2D eigenvalue weighted by atomic mass is 10.2. The zero-order valence-electron chi connectivity index (χ0n) is 13.7. The second-order valence-electron chi connectivity index (χ2n) is 5.28. The van der Waals surface area contributed by atoms with Crippen molar-refractivity contribution in [3.63, 3.8) is 0 Å². The number of hydrogen-bond donors (Lipinski definition) is 2. The van der Waals surface area contributed by atoms with Crippen molar-refractivity contribution in [1.82, 2.24) is 10.7 Å². The van der Waals surface area contributed by atoms with Gasteiger partial charge in [-0.1, -0.05) is 18.2 Å². The first-order valence-corrected chi connectivity index (χ1v) is 7.44. The summed E-state index contributed by atoms with van der Waals surface area (Å²) in [5.74, 6) is -12.2. The topological polar surface area (TPSA) is 70.6 Å². The SMILES string of the molecule is CC(NC(=O)c1ccccc1)C(=O)NN=Cc1c(F)c(F)c(F)c(F)c1F. The lowest BCUT2D eigenvalue weighted by Gasteiger charge is -2.12. The summed E-state index contributed by atoms with van der Waals surface area (Å²) in [4.78, 5) is 23.7. The summed E-state index contributed by atoms with van der Waals surface area (Å²) in [5, 5.41) is 5.52. The third kappa shape index (κ3) is 4.46. The van der Waals surface area contributed by atoms with Gasteiger partial charge < -0.3 is 5.32 Å². The molecule has 0 heterocycles. The number of nitrogens with one attached hydrogen (secondary N) is 2. The van der Waals surface area contributed by atoms with Gasteiger partial charge in [0, 0.05) is 5.56 Å². The molecule has 2 rings (SSSR count). The Kier molecular flexibility index (Phi) is 6.22. The molecule has 10 heteroatoms. The van der Waals surface area contributed by atoms with Crippen molar-refractivity contribution < 1.29 is 31.5 Å². The highest BCUT2D eigenvalue weighted by Gasteiger charge is 2.24. The Hall–Kier alpha value is -3.30. The Morgan fingerprint density at radius 2 is 1.44 bits per heavy atom. The van der Waals surface area contributed by atoms with Crippen LogP contribution in [-0.4, -0.2) is 24.1 Å². The second kappa shape index (κ2) is 8.39. The van der Waals surface area contributed by atoms with Gasteiger partial charge in [0.25, 0.3) is 11.8 Å². The second-order valence-corrected chi connectivity index (χ2v) is 5.28. The van der Waals surface area contributed by atoms with Gasteiger partial charge in [0.1, 0.15) is 6.04 Å². The van der Waals surface area contributed by atoms with Crippen molar-refractivity contribution in [2.45, 2.75) is 13.0 Å². The molecule has 0 aliphatic heterocycles. The van der Waals surface area contributed by atoms with Crippen LogP contribution in [0.15, 0.2) is 35.4 Å². The van der Waals surface area contributed by atoms with Crippen LogP contribution in [0.25, 0.3) is 0 Å². The Morgan fingerprint density at radius 1 is 0.926 bits per heavy atom. The molecule has 1 unspecified atom stereocenters. The van der Waals surface area contributed by atoms with E-state index in [1.165, 1.54) is 19.1 Å². The molecule has 2 aromatic rings. The first-order valence-electron chi connectivity index (χ1n) is 7.44. The first-order chi connectivity index (χ1) is 12.7. The molecule has 0 saturated carbocycles. The number of halogens is 5. The van der Waals surface area contributed by atoms with Gasteiger partial charge in [-0.05, 0) is 19.1 Å². The van der Waals surface area contributed by atoms with E-state index in [4.69, 9.17) is 0 Å². The van der Waals surface area contributed by atoms with Crippen molar-refractivity contribution >= 4 is 18.0 Å². The summed E-state index contributed by atoms with van der Waals surface area (Å²) in [5.41, 5.74) is 0.821. The quantitative estimate of drug-likeness (QED) is 0.273. The minimum Gasteiger partial charge on any atom is -0.340 e. The Morgan fingerprint density at radius 3 is 2.00 bits per heavy atom. The highest BCUT2D eigenvalue weighted by atomic mass is 19.2. The Balaban J connectivity index is 2.04. The summed E-state index contributed by atoms with van der Waals surface area (Å²) in [7, 11) is 0. The zero-order chi connectivity index (χ0) is 20.1. The van der Waals surface area contributed by atoms with Crippen molar-refractivity contribution in [1.29, 1.82) is 0 Å². The monoisotopic (exact) mass is 385 g/mol. The van der Waals surface area contributed by atoms with Crippen LogP contribution >= 0.6 is 0 Å². The predicted molar refractivity (Wildman–Crippen MR) is 85.3 cm³/mol. The molecule has 5 nitrogen and oxygen atoms in total. The largest absolute Gasteiger partial charge is 0.340 e. The summed E-state index contributed by atoms with van der Waals surface area (Å²) in [6.07, 6.45) is 0.278. The van der Waals surface area contributed by atoms with Crippen LogP contribution in [0, 0.1) is 29.1 Å². The molecule has 2 amide bonds. The van der Waals surface area contributed by atoms with E-state index in [0.717, 1.165) is 0 Å². The highest BCUT2D eigenvalue weighted by molar-refractivity contribution is 5.97. The van der Waals surface area contributed by atoms with E-state index in [1.54, 1.807) is 18.2 Å². The highest BCUT2D eigenvalue weighted by Crippen LogP contribution is 2.21. The maximum absolute atomic E-state index is 13.5. The number of carbonyl (C=O) groups excluding carboxylic acids is 2. The van der Waals surface area contributed by atoms with E-state index in [1.807, 2.05) is 5.43 Å². The van der Waals surface area contributed by atoms with E-state index >= 15 is 0 Å². The fourth-order valence-electron chi connectivity index (χ4n) is 1.93. The lowest BCUT2D eigenvalue weighted by Crippen LogP contribution is -2.43. The number of amides is 2. The van der Waals surface area contributed by atoms with Gasteiger partial charge in [0.05, 0.1) is 11.8 Å². The molecule has 0 saturated heterocycles. The van der Waals surface area contributed by atoms with Crippen molar-refractivity contribution in [3.05, 3.63) is 70.5 Å². The van der Waals surface area contributed by atoms with Gasteiger partial charge >= 0.3 is 0 Å². The number of hydrogen-bond acceptors (Lipinski definition) is 3. The standard InChI is InChI=1S/C17H12F5N3O2/c1-8(24-17(27)9-5-3-2-4-6-9)16(26)25-23-7-10-11(18)13(20)15(22)14(21)12(10)19/h2-8H,1H3,(H,24,27)(H,25,26). The van der Waals surface area contributed by atoms with E-state index < -0.39 is 52.5 Å². The molecular formula is C17H12F5N3O2. The van der Waals surface area contributed by atoms with Crippen molar-refractivity contribution in [3.8, 4) is 0 Å². The van der Waals surface area contributed by atoms with Crippen LogP contribution in [0.2, 0.25) is 0 Å². The molecule has 0 aromatic heterocycles. The van der Waals surface area contributed by atoms with Gasteiger partial charge in [0.15, 0.2) is 23.3 Å². The van der Waals surface area contributed by atoms with Crippen LogP contribution in [0.4, 0.5) is 22.0 Å². The molecule has 1 atom stereocenters. The summed E-state index contributed by atoms with van der Waals surface area (Å²) >= 11 is 0. The van der Waals surface area contributed by atoms with Crippen LogP contribution in [0.3, 0.4) is 0 Å². The third-order valence-corrected chi connectivity index (χ3v) is 3.39. The summed E-state index contributed by atoms with van der Waals surface area (Å²) in [6.45, 7) is 1.31. The number of hydrazone groups is 1. The van der Waals surface area contributed by atoms with Crippen LogP contribution < -0.4 is 10.7 Å². The minimum atomic E-state index is -2.30. The molecule has 0 fully saturated rings. The molecule has 0 aliphatic carbocycles. The number of nitrogens with zero attached hydrogens (tertiary/aromatic N) is 1. The Bertz CT molecular complexity index is 874. The van der Waals surface area contributed by atoms with Crippen molar-refractivity contribution in [2.24, 2.45) is 5.10 Å². The van der Waals surface area contributed by atoms with E-state index in [0.29, 0.717) is 5.56 Å². The smallest absolute Gasteiger partial charge is 0.262 e. The fourth-order valence-corrected chi connectivity index (χ4v) is 1.93. The number of benzene rings is 2. The molecule has 0 radical (unpaired) electrons. The molecule has 0 aliphatic rings. The number of carbonyl (C=O) groups is 2. The first kappa shape index (κ1) is 20.0. The molecule has 2 aromatic carbocycles. The van der Waals surface area contributed by atoms with E-state index in [2.05, 4.69) is 10.4 Å². The molecule has 27 heavy (non-hydrogen) atoms. The molecular weight excluding hydrogens is 373 g/mol.